The zero-order valence-corrected chi connectivity index (χ0v) is 17.5. The summed E-state index contributed by atoms with van der Waals surface area (Å²) in [6.45, 7) is 6.35. The average Bonchev–Trinajstić information content (AvgIpc) is 3.16. The summed E-state index contributed by atoms with van der Waals surface area (Å²) >= 11 is 5.70. The molecule has 0 saturated carbocycles. The van der Waals surface area contributed by atoms with Crippen LogP contribution < -0.4 is 0 Å². The summed E-state index contributed by atoms with van der Waals surface area (Å²) in [4.78, 5) is 6.29. The predicted molar refractivity (Wildman–Crippen MR) is 109 cm³/mol. The van der Waals surface area contributed by atoms with E-state index in [-0.39, 0.29) is 17.5 Å². The van der Waals surface area contributed by atoms with Gasteiger partial charge in [0, 0.05) is 30.5 Å². The van der Waals surface area contributed by atoms with E-state index in [4.69, 9.17) is 17.3 Å². The molecule has 2 aromatic heterocycles. The zero-order valence-electron chi connectivity index (χ0n) is 15.9. The third-order valence-corrected chi connectivity index (χ3v) is 7.04. The fourth-order valence-corrected chi connectivity index (χ4v) is 5.60. The molecule has 3 heterocycles. The number of hydrogen-bond acceptors (Lipinski definition) is 6. The first-order chi connectivity index (χ1) is 12.9. The topological polar surface area (TPSA) is 73.0 Å². The predicted octanol–water partition coefficient (Wildman–Crippen LogP) is 2.74. The molecule has 27 heavy (non-hydrogen) atoms. The van der Waals surface area contributed by atoms with E-state index in [2.05, 4.69) is 28.3 Å². The summed E-state index contributed by atoms with van der Waals surface area (Å²) in [5, 5.41) is 4.78. The van der Waals surface area contributed by atoms with Gasteiger partial charge in [0.2, 0.25) is 0 Å². The SMILES string of the molecule is CCCN(Cn1nc(-c2ccncc2)n(CCC)c1=S)C1CCS(=O)(=O)C1. The highest BCUT2D eigenvalue weighted by Crippen LogP contribution is 2.21. The number of sulfone groups is 1. The lowest BCUT2D eigenvalue weighted by atomic mass is 10.2. The third-order valence-electron chi connectivity index (χ3n) is 4.86. The van der Waals surface area contributed by atoms with Crippen LogP contribution in [0.4, 0.5) is 0 Å². The Kier molecular flexibility index (Phi) is 6.44. The minimum Gasteiger partial charge on any atom is -0.300 e. The molecule has 0 aliphatic carbocycles. The van der Waals surface area contributed by atoms with E-state index in [1.54, 1.807) is 12.4 Å². The average molecular weight is 410 g/mol. The maximum Gasteiger partial charge on any atom is 0.199 e. The highest BCUT2D eigenvalue weighted by atomic mass is 32.2. The first-order valence-electron chi connectivity index (χ1n) is 9.47. The Morgan fingerprint density at radius 1 is 1.26 bits per heavy atom. The Balaban J connectivity index is 1.92. The van der Waals surface area contributed by atoms with Crippen LogP contribution in [0.3, 0.4) is 0 Å². The highest BCUT2D eigenvalue weighted by Gasteiger charge is 2.32. The Morgan fingerprint density at radius 3 is 2.59 bits per heavy atom. The van der Waals surface area contributed by atoms with Gasteiger partial charge in [0.1, 0.15) is 0 Å². The van der Waals surface area contributed by atoms with Gasteiger partial charge in [-0.1, -0.05) is 13.8 Å². The molecule has 1 fully saturated rings. The van der Waals surface area contributed by atoms with Gasteiger partial charge in [-0.2, -0.15) is 5.10 Å². The molecule has 7 nitrogen and oxygen atoms in total. The second-order valence-corrected chi connectivity index (χ2v) is 9.60. The van der Waals surface area contributed by atoms with Crippen LogP contribution in [0.15, 0.2) is 24.5 Å². The van der Waals surface area contributed by atoms with Gasteiger partial charge in [0.05, 0.1) is 18.2 Å². The number of aromatic nitrogens is 4. The van der Waals surface area contributed by atoms with Crippen molar-refractivity contribution < 1.29 is 8.42 Å². The Bertz CT molecular complexity index is 921. The molecule has 1 saturated heterocycles. The van der Waals surface area contributed by atoms with Crippen LogP contribution in [0.25, 0.3) is 11.4 Å². The molecule has 1 unspecified atom stereocenters. The van der Waals surface area contributed by atoms with Crippen molar-refractivity contribution in [2.24, 2.45) is 0 Å². The summed E-state index contributed by atoms with van der Waals surface area (Å²) in [5.74, 6) is 1.34. The van der Waals surface area contributed by atoms with Crippen molar-refractivity contribution in [3.8, 4) is 11.4 Å². The van der Waals surface area contributed by atoms with E-state index in [1.165, 1.54) is 0 Å². The summed E-state index contributed by atoms with van der Waals surface area (Å²) in [5.41, 5.74) is 0.980. The molecule has 0 spiro atoms. The molecular formula is C18H27N5O2S2. The van der Waals surface area contributed by atoms with E-state index in [0.29, 0.717) is 17.9 Å². The molecule has 9 heteroatoms. The molecule has 0 N–H and O–H groups in total. The smallest absolute Gasteiger partial charge is 0.199 e. The molecule has 1 atom stereocenters. The number of nitrogens with zero attached hydrogens (tertiary/aromatic N) is 5. The summed E-state index contributed by atoms with van der Waals surface area (Å²) in [6, 6.07) is 3.90. The van der Waals surface area contributed by atoms with E-state index >= 15 is 0 Å². The van der Waals surface area contributed by atoms with Gasteiger partial charge >= 0.3 is 0 Å². The van der Waals surface area contributed by atoms with Gasteiger partial charge in [-0.25, -0.2) is 13.1 Å². The van der Waals surface area contributed by atoms with Crippen molar-refractivity contribution in [2.45, 2.75) is 52.4 Å². The van der Waals surface area contributed by atoms with Crippen LogP contribution in [-0.4, -0.2) is 56.7 Å². The highest BCUT2D eigenvalue weighted by molar-refractivity contribution is 7.91. The lowest BCUT2D eigenvalue weighted by molar-refractivity contribution is 0.155. The summed E-state index contributed by atoms with van der Waals surface area (Å²) in [6.07, 6.45) is 6.10. The van der Waals surface area contributed by atoms with Crippen molar-refractivity contribution >= 4 is 22.1 Å². The summed E-state index contributed by atoms with van der Waals surface area (Å²) in [7, 11) is -2.93. The number of pyridine rings is 1. The first kappa shape index (κ1) is 20.2. The molecule has 0 amide bonds. The second-order valence-electron chi connectivity index (χ2n) is 7.00. The quantitative estimate of drug-likeness (QED) is 0.624. The monoisotopic (exact) mass is 409 g/mol. The van der Waals surface area contributed by atoms with Crippen molar-refractivity contribution in [3.63, 3.8) is 0 Å². The molecule has 1 aliphatic rings. The Labute approximate surface area is 165 Å². The molecular weight excluding hydrogens is 382 g/mol. The molecule has 2 aromatic rings. The maximum absolute atomic E-state index is 11.9. The summed E-state index contributed by atoms with van der Waals surface area (Å²) < 4.78 is 28.4. The zero-order chi connectivity index (χ0) is 19.4. The normalized spacial score (nSPS) is 19.0. The third kappa shape index (κ3) is 4.64. The molecule has 0 aromatic carbocycles. The van der Waals surface area contributed by atoms with E-state index in [9.17, 15) is 8.42 Å². The second kappa shape index (κ2) is 8.62. The van der Waals surface area contributed by atoms with E-state index < -0.39 is 9.84 Å². The lowest BCUT2D eigenvalue weighted by Crippen LogP contribution is -2.38. The van der Waals surface area contributed by atoms with Gasteiger partial charge in [-0.15, -0.1) is 0 Å². The largest absolute Gasteiger partial charge is 0.300 e. The van der Waals surface area contributed by atoms with Crippen molar-refractivity contribution in [1.82, 2.24) is 24.2 Å². The van der Waals surface area contributed by atoms with Gasteiger partial charge in [-0.3, -0.25) is 14.5 Å². The van der Waals surface area contributed by atoms with Crippen LogP contribution in [0.1, 0.15) is 33.1 Å². The Hall–Kier alpha value is -1.58. The number of rotatable bonds is 8. The minimum atomic E-state index is -2.93. The van der Waals surface area contributed by atoms with Gasteiger partial charge < -0.3 is 0 Å². The molecule has 3 rings (SSSR count). The van der Waals surface area contributed by atoms with Gasteiger partial charge in [0.25, 0.3) is 0 Å². The van der Waals surface area contributed by atoms with Crippen molar-refractivity contribution in [2.75, 3.05) is 18.1 Å². The van der Waals surface area contributed by atoms with Crippen LogP contribution in [0.2, 0.25) is 0 Å². The standard InChI is InChI=1S/C18H27N5O2S2/c1-3-10-21(16-7-12-27(24,25)13-16)14-23-18(26)22(11-4-2)17(20-23)15-5-8-19-9-6-15/h5-6,8-9,16H,3-4,7,10-14H2,1-2H3. The van der Waals surface area contributed by atoms with Crippen LogP contribution in [-0.2, 0) is 23.1 Å². The fourth-order valence-electron chi connectivity index (χ4n) is 3.56. The van der Waals surface area contributed by atoms with Crippen LogP contribution in [0.5, 0.6) is 0 Å². The maximum atomic E-state index is 11.9. The fraction of sp³-hybridized carbons (Fsp3) is 0.611. The first-order valence-corrected chi connectivity index (χ1v) is 11.7. The van der Waals surface area contributed by atoms with Crippen molar-refractivity contribution in [1.29, 1.82) is 0 Å². The van der Waals surface area contributed by atoms with E-state index in [0.717, 1.165) is 37.3 Å². The van der Waals surface area contributed by atoms with Crippen molar-refractivity contribution in [3.05, 3.63) is 29.3 Å². The minimum absolute atomic E-state index is 0.0394. The molecule has 1 aliphatic heterocycles. The van der Waals surface area contributed by atoms with E-state index in [1.807, 2.05) is 16.8 Å². The lowest BCUT2D eigenvalue weighted by Gasteiger charge is -2.27. The number of hydrogen-bond donors (Lipinski definition) is 0. The molecule has 0 radical (unpaired) electrons. The molecule has 148 valence electrons. The molecule has 0 bridgehead atoms. The van der Waals surface area contributed by atoms with Gasteiger partial charge in [-0.05, 0) is 50.2 Å². The van der Waals surface area contributed by atoms with Crippen LogP contribution >= 0.6 is 12.2 Å². The Morgan fingerprint density at radius 2 is 2.00 bits per heavy atom. The van der Waals surface area contributed by atoms with Gasteiger partial charge in [0.15, 0.2) is 20.4 Å². The van der Waals surface area contributed by atoms with Crippen LogP contribution in [0, 0.1) is 4.77 Å².